The predicted octanol–water partition coefficient (Wildman–Crippen LogP) is 2.25. The van der Waals surface area contributed by atoms with Crippen LogP contribution in [0, 0.1) is 0 Å². The van der Waals surface area contributed by atoms with Gasteiger partial charge in [0.2, 0.25) is 0 Å². The molecule has 5 heteroatoms. The average Bonchev–Trinajstić information content (AvgIpc) is 2.64. The van der Waals surface area contributed by atoms with Crippen molar-refractivity contribution in [3.63, 3.8) is 0 Å². The van der Waals surface area contributed by atoms with E-state index in [1.54, 1.807) is 0 Å². The highest BCUT2D eigenvalue weighted by atomic mass is 35.5. The molecule has 1 heterocycles. The van der Waals surface area contributed by atoms with Crippen molar-refractivity contribution in [1.29, 1.82) is 0 Å². The van der Waals surface area contributed by atoms with Crippen molar-refractivity contribution in [2.45, 2.75) is 10.1 Å². The first-order valence-corrected chi connectivity index (χ1v) is 5.09. The fourth-order valence-electron chi connectivity index (χ4n) is 0.402. The van der Waals surface area contributed by atoms with Crippen LogP contribution in [-0.4, -0.2) is 27.5 Å². The van der Waals surface area contributed by atoms with Crippen LogP contribution in [-0.2, 0) is 4.74 Å². The van der Waals surface area contributed by atoms with Gasteiger partial charge in [-0.3, -0.25) is 0 Å². The predicted molar refractivity (Wildman–Crippen MR) is 50.3 cm³/mol. The molecular formula is C5H6Cl2OS2. The quantitative estimate of drug-likeness (QED) is 0.407. The molecule has 58 valence electrons. The maximum absolute atomic E-state index is 5.42. The van der Waals surface area contributed by atoms with E-state index in [4.69, 9.17) is 40.2 Å². The molecule has 1 aliphatic rings. The summed E-state index contributed by atoms with van der Waals surface area (Å²) >= 11 is 17.4. The van der Waals surface area contributed by atoms with Gasteiger partial charge in [-0.2, -0.15) is 11.8 Å². The van der Waals surface area contributed by atoms with Gasteiger partial charge in [-0.05, 0) is 12.2 Å². The third-order valence-corrected chi connectivity index (χ3v) is 2.94. The standard InChI is InChI=1S/C5H6Cl2OS2/c6-4(7)5(9)8-1-3-2-10-3/h3-4H,1-2H2/t3-/m0/s1. The third kappa shape index (κ3) is 3.28. The summed E-state index contributed by atoms with van der Waals surface area (Å²) in [7, 11) is 0. The average molecular weight is 217 g/mol. The first-order valence-electron chi connectivity index (χ1n) is 2.76. The van der Waals surface area contributed by atoms with Crippen LogP contribution in [0.4, 0.5) is 0 Å². The normalized spacial score (nSPS) is 22.9. The molecule has 1 fully saturated rings. The second-order valence-electron chi connectivity index (χ2n) is 1.89. The van der Waals surface area contributed by atoms with E-state index in [-0.39, 0.29) is 5.05 Å². The largest absolute Gasteiger partial charge is 0.483 e. The molecule has 0 radical (unpaired) electrons. The van der Waals surface area contributed by atoms with Gasteiger partial charge in [0.25, 0.3) is 0 Å². The minimum atomic E-state index is -0.668. The summed E-state index contributed by atoms with van der Waals surface area (Å²) in [6.45, 7) is 0.652. The lowest BCUT2D eigenvalue weighted by molar-refractivity contribution is 0.322. The van der Waals surface area contributed by atoms with Crippen molar-refractivity contribution in [2.75, 3.05) is 12.4 Å². The minimum Gasteiger partial charge on any atom is -0.483 e. The van der Waals surface area contributed by atoms with Gasteiger partial charge >= 0.3 is 0 Å². The second kappa shape index (κ2) is 4.00. The summed E-state index contributed by atoms with van der Waals surface area (Å²) < 4.78 is 5.07. The number of hydrogen-bond donors (Lipinski definition) is 0. The van der Waals surface area contributed by atoms with Crippen LogP contribution in [0.3, 0.4) is 0 Å². The molecule has 0 N–H and O–H groups in total. The monoisotopic (exact) mass is 216 g/mol. The van der Waals surface area contributed by atoms with Crippen LogP contribution >= 0.6 is 47.2 Å². The first-order chi connectivity index (χ1) is 4.70. The molecule has 0 aliphatic carbocycles. The van der Waals surface area contributed by atoms with Gasteiger partial charge in [0.1, 0.15) is 6.61 Å². The van der Waals surface area contributed by atoms with E-state index in [0.29, 0.717) is 11.9 Å². The van der Waals surface area contributed by atoms with E-state index in [1.807, 2.05) is 11.8 Å². The number of alkyl halides is 2. The summed E-state index contributed by atoms with van der Waals surface area (Å²) in [5.74, 6) is 1.16. The lowest BCUT2D eigenvalue weighted by Crippen LogP contribution is -2.12. The van der Waals surface area contributed by atoms with E-state index in [0.717, 1.165) is 5.75 Å². The van der Waals surface area contributed by atoms with Gasteiger partial charge in [-0.25, -0.2) is 0 Å². The zero-order valence-electron chi connectivity index (χ0n) is 5.05. The lowest BCUT2D eigenvalue weighted by atomic mass is 10.5. The van der Waals surface area contributed by atoms with Gasteiger partial charge < -0.3 is 4.74 Å². The van der Waals surface area contributed by atoms with E-state index in [1.165, 1.54) is 0 Å². The van der Waals surface area contributed by atoms with Crippen molar-refractivity contribution in [3.05, 3.63) is 0 Å². The maximum atomic E-state index is 5.42. The highest BCUT2D eigenvalue weighted by Gasteiger charge is 2.24. The molecule has 0 aromatic carbocycles. The number of hydrogen-bond acceptors (Lipinski definition) is 3. The number of thiocarbonyl (C=S) groups is 1. The molecule has 1 nitrogen and oxygen atoms in total. The van der Waals surface area contributed by atoms with E-state index in [9.17, 15) is 0 Å². The Morgan fingerprint density at radius 1 is 1.80 bits per heavy atom. The molecular weight excluding hydrogens is 211 g/mol. The Bertz CT molecular complexity index is 136. The Balaban J connectivity index is 2.05. The van der Waals surface area contributed by atoms with Gasteiger partial charge in [0.15, 0.2) is 9.89 Å². The molecule has 10 heavy (non-hydrogen) atoms. The van der Waals surface area contributed by atoms with Crippen molar-refractivity contribution in [3.8, 4) is 0 Å². The van der Waals surface area contributed by atoms with E-state index >= 15 is 0 Å². The van der Waals surface area contributed by atoms with E-state index < -0.39 is 4.84 Å². The van der Waals surface area contributed by atoms with Crippen LogP contribution < -0.4 is 0 Å². The molecule has 0 aromatic heterocycles. The number of halogens is 2. The molecule has 1 aliphatic heterocycles. The Morgan fingerprint density at radius 2 is 2.40 bits per heavy atom. The van der Waals surface area contributed by atoms with Crippen molar-refractivity contribution < 1.29 is 4.74 Å². The highest BCUT2D eigenvalue weighted by molar-refractivity contribution is 8.06. The number of thioether (sulfide) groups is 1. The van der Waals surface area contributed by atoms with Crippen molar-refractivity contribution >= 4 is 52.2 Å². The van der Waals surface area contributed by atoms with Gasteiger partial charge in [-0.1, -0.05) is 23.2 Å². The minimum absolute atomic E-state index is 0.288. The third-order valence-electron chi connectivity index (χ3n) is 0.992. The number of ether oxygens (including phenoxy) is 1. The molecule has 0 bridgehead atoms. The molecule has 1 saturated heterocycles. The highest BCUT2D eigenvalue weighted by Crippen LogP contribution is 2.30. The fraction of sp³-hybridized carbons (Fsp3) is 0.800. The second-order valence-corrected chi connectivity index (χ2v) is 4.72. The van der Waals surface area contributed by atoms with Crippen LogP contribution in [0.2, 0.25) is 0 Å². The summed E-state index contributed by atoms with van der Waals surface area (Å²) in [5.41, 5.74) is 0. The summed E-state index contributed by atoms with van der Waals surface area (Å²) in [4.78, 5) is -0.668. The lowest BCUT2D eigenvalue weighted by Gasteiger charge is -2.04. The summed E-state index contributed by atoms with van der Waals surface area (Å²) in [6, 6.07) is 0. The van der Waals surface area contributed by atoms with Crippen LogP contribution in [0.1, 0.15) is 0 Å². The van der Waals surface area contributed by atoms with Crippen LogP contribution in [0.5, 0.6) is 0 Å². The van der Waals surface area contributed by atoms with E-state index in [2.05, 4.69) is 0 Å². The van der Waals surface area contributed by atoms with Crippen molar-refractivity contribution in [1.82, 2.24) is 0 Å². The Morgan fingerprint density at radius 3 is 2.80 bits per heavy atom. The molecule has 0 amide bonds. The topological polar surface area (TPSA) is 9.23 Å². The smallest absolute Gasteiger partial charge is 0.193 e. The maximum Gasteiger partial charge on any atom is 0.193 e. The van der Waals surface area contributed by atoms with Gasteiger partial charge in [0, 0.05) is 11.0 Å². The zero-order chi connectivity index (χ0) is 7.56. The Hall–Kier alpha value is 0.820. The van der Waals surface area contributed by atoms with Gasteiger partial charge in [-0.15, -0.1) is 0 Å². The summed E-state index contributed by atoms with van der Waals surface area (Å²) in [5, 5.41) is 0.904. The van der Waals surface area contributed by atoms with Crippen LogP contribution in [0.25, 0.3) is 0 Å². The van der Waals surface area contributed by atoms with Crippen molar-refractivity contribution in [2.24, 2.45) is 0 Å². The summed E-state index contributed by atoms with van der Waals surface area (Å²) in [6.07, 6.45) is 0. The SMILES string of the molecule is S=C(OC[C@H]1CS1)C(Cl)Cl. The molecule has 0 saturated carbocycles. The molecule has 1 rings (SSSR count). The number of rotatable bonds is 3. The molecule has 0 spiro atoms. The molecule has 0 unspecified atom stereocenters. The fourth-order valence-corrected chi connectivity index (χ4v) is 0.993. The zero-order valence-corrected chi connectivity index (χ0v) is 8.19. The first kappa shape index (κ1) is 8.91. The Kier molecular flexibility index (Phi) is 3.56. The Labute approximate surface area is 79.4 Å². The molecule has 0 aromatic rings. The molecule has 1 atom stereocenters. The van der Waals surface area contributed by atoms with Gasteiger partial charge in [0.05, 0.1) is 0 Å². The van der Waals surface area contributed by atoms with Crippen LogP contribution in [0.15, 0.2) is 0 Å².